The predicted octanol–water partition coefficient (Wildman–Crippen LogP) is 1.04. The van der Waals surface area contributed by atoms with E-state index in [9.17, 15) is 9.90 Å². The van der Waals surface area contributed by atoms with E-state index in [1.54, 1.807) is 12.1 Å². The molecule has 2 fully saturated rings. The summed E-state index contributed by atoms with van der Waals surface area (Å²) < 4.78 is 0. The number of aromatic nitrogens is 2. The van der Waals surface area contributed by atoms with Gasteiger partial charge in [-0.25, -0.2) is 0 Å². The van der Waals surface area contributed by atoms with E-state index in [0.717, 1.165) is 19.4 Å². The first kappa shape index (κ1) is 13.3. The van der Waals surface area contributed by atoms with Gasteiger partial charge in [-0.15, -0.1) is 10.2 Å². The summed E-state index contributed by atoms with van der Waals surface area (Å²) in [6.07, 6.45) is 3.07. The fraction of sp³-hybridized carbons (Fsp3) is 0.643. The lowest BCUT2D eigenvalue weighted by Crippen LogP contribution is -2.48. The smallest absolute Gasteiger partial charge is 0.274 e. The molecule has 6 nitrogen and oxygen atoms in total. The standard InChI is InChI=1S/C14H20N4O2/c1-2-15-13-6-5-12(16-17-13)14(20)18-9-3-4-10(18)8-11(19)7-9/h5-6,9-11,19H,2-4,7-8H2,1H3,(H,15,17). The van der Waals surface area contributed by atoms with Gasteiger partial charge >= 0.3 is 0 Å². The molecule has 3 heterocycles. The van der Waals surface area contributed by atoms with Crippen LogP contribution in [0.15, 0.2) is 12.1 Å². The molecule has 1 amide bonds. The third-order valence-electron chi connectivity index (χ3n) is 4.18. The molecule has 2 unspecified atom stereocenters. The number of carbonyl (C=O) groups excluding carboxylic acids is 1. The number of hydrogen-bond donors (Lipinski definition) is 2. The summed E-state index contributed by atoms with van der Waals surface area (Å²) in [6.45, 7) is 2.76. The summed E-state index contributed by atoms with van der Waals surface area (Å²) in [4.78, 5) is 14.5. The first-order valence-corrected chi connectivity index (χ1v) is 7.27. The number of hydrogen-bond acceptors (Lipinski definition) is 5. The Hall–Kier alpha value is -1.69. The van der Waals surface area contributed by atoms with Crippen LogP contribution >= 0.6 is 0 Å². The number of nitrogens with one attached hydrogen (secondary N) is 1. The molecule has 0 aromatic carbocycles. The second kappa shape index (κ2) is 5.36. The van der Waals surface area contributed by atoms with E-state index in [-0.39, 0.29) is 24.1 Å². The Morgan fingerprint density at radius 1 is 1.35 bits per heavy atom. The van der Waals surface area contributed by atoms with Gasteiger partial charge in [0.05, 0.1) is 6.10 Å². The van der Waals surface area contributed by atoms with Crippen LogP contribution in [0.4, 0.5) is 5.82 Å². The second-order valence-electron chi connectivity index (χ2n) is 5.56. The number of anilines is 1. The van der Waals surface area contributed by atoms with Crippen molar-refractivity contribution < 1.29 is 9.90 Å². The van der Waals surface area contributed by atoms with Crippen molar-refractivity contribution in [1.82, 2.24) is 15.1 Å². The summed E-state index contributed by atoms with van der Waals surface area (Å²) in [7, 11) is 0. The van der Waals surface area contributed by atoms with Gasteiger partial charge < -0.3 is 15.3 Å². The zero-order chi connectivity index (χ0) is 14.1. The number of aliphatic hydroxyl groups is 1. The van der Waals surface area contributed by atoms with Gasteiger partial charge in [-0.3, -0.25) is 4.79 Å². The Morgan fingerprint density at radius 2 is 2.05 bits per heavy atom. The molecule has 1 aromatic rings. The first-order valence-electron chi connectivity index (χ1n) is 7.27. The summed E-state index contributed by atoms with van der Waals surface area (Å²) in [5.74, 6) is 0.626. The molecular weight excluding hydrogens is 256 g/mol. The van der Waals surface area contributed by atoms with E-state index in [1.165, 1.54) is 0 Å². The SMILES string of the molecule is CCNc1ccc(C(=O)N2C3CCC2CC(O)C3)nn1. The molecule has 0 aliphatic carbocycles. The summed E-state index contributed by atoms with van der Waals surface area (Å²) in [6, 6.07) is 3.82. The van der Waals surface area contributed by atoms with Crippen LogP contribution in [0.2, 0.25) is 0 Å². The third-order valence-corrected chi connectivity index (χ3v) is 4.18. The summed E-state index contributed by atoms with van der Waals surface area (Å²) >= 11 is 0. The van der Waals surface area contributed by atoms with Gasteiger partial charge in [0.25, 0.3) is 5.91 Å². The summed E-state index contributed by atoms with van der Waals surface area (Å²) in [5, 5.41) is 20.9. The maximum Gasteiger partial charge on any atom is 0.274 e. The van der Waals surface area contributed by atoms with E-state index in [0.29, 0.717) is 24.4 Å². The number of carbonyl (C=O) groups is 1. The van der Waals surface area contributed by atoms with Gasteiger partial charge in [-0.05, 0) is 44.7 Å². The van der Waals surface area contributed by atoms with Crippen molar-refractivity contribution in [3.05, 3.63) is 17.8 Å². The Kier molecular flexibility index (Phi) is 3.56. The molecule has 0 radical (unpaired) electrons. The maximum atomic E-state index is 12.6. The molecule has 2 N–H and O–H groups in total. The lowest BCUT2D eigenvalue weighted by atomic mass is 9.99. The average molecular weight is 276 g/mol. The van der Waals surface area contributed by atoms with Crippen LogP contribution in [-0.4, -0.2) is 50.8 Å². The van der Waals surface area contributed by atoms with Gasteiger partial charge in [0, 0.05) is 18.6 Å². The van der Waals surface area contributed by atoms with E-state index in [4.69, 9.17) is 0 Å². The van der Waals surface area contributed by atoms with Crippen molar-refractivity contribution in [3.63, 3.8) is 0 Å². The van der Waals surface area contributed by atoms with Crippen LogP contribution < -0.4 is 5.32 Å². The average Bonchev–Trinajstić information content (AvgIpc) is 2.71. The normalized spacial score (nSPS) is 28.5. The highest BCUT2D eigenvalue weighted by molar-refractivity contribution is 5.93. The van der Waals surface area contributed by atoms with Crippen LogP contribution in [0.25, 0.3) is 0 Å². The van der Waals surface area contributed by atoms with Crippen molar-refractivity contribution in [2.75, 3.05) is 11.9 Å². The minimum atomic E-state index is -0.265. The lowest BCUT2D eigenvalue weighted by molar-refractivity contribution is 0.0282. The van der Waals surface area contributed by atoms with Gasteiger partial charge in [-0.1, -0.05) is 0 Å². The molecule has 2 atom stereocenters. The fourth-order valence-electron chi connectivity index (χ4n) is 3.33. The van der Waals surface area contributed by atoms with E-state index >= 15 is 0 Å². The van der Waals surface area contributed by atoms with Crippen molar-refractivity contribution in [2.45, 2.75) is 50.8 Å². The Morgan fingerprint density at radius 3 is 2.60 bits per heavy atom. The van der Waals surface area contributed by atoms with E-state index < -0.39 is 0 Å². The van der Waals surface area contributed by atoms with Gasteiger partial charge in [-0.2, -0.15) is 0 Å². The second-order valence-corrected chi connectivity index (χ2v) is 5.56. The van der Waals surface area contributed by atoms with Gasteiger partial charge in [0.15, 0.2) is 5.69 Å². The quantitative estimate of drug-likeness (QED) is 0.862. The molecule has 2 bridgehead atoms. The Balaban J connectivity index is 1.76. The molecule has 0 saturated carbocycles. The minimum Gasteiger partial charge on any atom is -0.393 e. The molecule has 108 valence electrons. The van der Waals surface area contributed by atoms with Crippen molar-refractivity contribution in [3.8, 4) is 0 Å². The highest BCUT2D eigenvalue weighted by Gasteiger charge is 2.43. The van der Waals surface area contributed by atoms with Gasteiger partial charge in [0.2, 0.25) is 0 Å². The van der Waals surface area contributed by atoms with Crippen LogP contribution in [0.1, 0.15) is 43.1 Å². The van der Waals surface area contributed by atoms with Crippen molar-refractivity contribution >= 4 is 11.7 Å². The topological polar surface area (TPSA) is 78.4 Å². The van der Waals surface area contributed by atoms with Crippen LogP contribution in [0.5, 0.6) is 0 Å². The van der Waals surface area contributed by atoms with Crippen LogP contribution in [0.3, 0.4) is 0 Å². The highest BCUT2D eigenvalue weighted by Crippen LogP contribution is 2.36. The zero-order valence-electron chi connectivity index (χ0n) is 11.6. The largest absolute Gasteiger partial charge is 0.393 e. The number of nitrogens with zero attached hydrogens (tertiary/aromatic N) is 3. The van der Waals surface area contributed by atoms with E-state index in [2.05, 4.69) is 15.5 Å². The number of fused-ring (bicyclic) bond motifs is 2. The molecule has 2 aliphatic heterocycles. The number of amides is 1. The molecule has 2 saturated heterocycles. The number of piperidine rings is 1. The minimum absolute atomic E-state index is 0.0556. The Labute approximate surface area is 118 Å². The summed E-state index contributed by atoms with van der Waals surface area (Å²) in [5.41, 5.74) is 0.389. The van der Waals surface area contributed by atoms with Crippen LogP contribution in [0, 0.1) is 0 Å². The molecule has 3 rings (SSSR count). The first-order chi connectivity index (χ1) is 9.69. The predicted molar refractivity (Wildman–Crippen MR) is 74.4 cm³/mol. The molecule has 6 heteroatoms. The van der Waals surface area contributed by atoms with E-state index in [1.807, 2.05) is 11.8 Å². The molecule has 2 aliphatic rings. The number of rotatable bonds is 3. The lowest BCUT2D eigenvalue weighted by Gasteiger charge is -2.36. The maximum absolute atomic E-state index is 12.6. The third kappa shape index (κ3) is 2.35. The highest BCUT2D eigenvalue weighted by atomic mass is 16.3. The van der Waals surface area contributed by atoms with Crippen molar-refractivity contribution in [2.24, 2.45) is 0 Å². The molecular formula is C14H20N4O2. The molecule has 0 spiro atoms. The Bertz CT molecular complexity index is 476. The molecule has 20 heavy (non-hydrogen) atoms. The van der Waals surface area contributed by atoms with Crippen LogP contribution in [-0.2, 0) is 0 Å². The van der Waals surface area contributed by atoms with Gasteiger partial charge in [0.1, 0.15) is 5.82 Å². The van der Waals surface area contributed by atoms with Crippen molar-refractivity contribution in [1.29, 1.82) is 0 Å². The number of aliphatic hydroxyl groups excluding tert-OH is 1. The monoisotopic (exact) mass is 276 g/mol. The zero-order valence-corrected chi connectivity index (χ0v) is 11.6. The fourth-order valence-corrected chi connectivity index (χ4v) is 3.33. The molecule has 1 aromatic heterocycles.